The molecule has 250 valence electrons. The summed E-state index contributed by atoms with van der Waals surface area (Å²) in [7, 11) is -1.04. The van der Waals surface area contributed by atoms with Crippen molar-refractivity contribution in [2.24, 2.45) is 0 Å². The van der Waals surface area contributed by atoms with Gasteiger partial charge in [-0.15, -0.1) is 0 Å². The predicted octanol–water partition coefficient (Wildman–Crippen LogP) is 5.17. The van der Waals surface area contributed by atoms with Gasteiger partial charge in [-0.1, -0.05) is 24.3 Å². The molecule has 0 fully saturated rings. The topological polar surface area (TPSA) is 146 Å². The highest BCUT2D eigenvalue weighted by molar-refractivity contribution is 6.61. The molecule has 0 saturated heterocycles. The van der Waals surface area contributed by atoms with E-state index in [4.69, 9.17) is 26.6 Å². The second-order valence-electron chi connectivity index (χ2n) is 10.9. The minimum Gasteiger partial charge on any atom is -0.494 e. The van der Waals surface area contributed by atoms with Crippen LogP contribution >= 0.6 is 0 Å². The normalized spacial score (nSPS) is 14.9. The molecule has 1 atom stereocenters. The van der Waals surface area contributed by atoms with Gasteiger partial charge in [-0.2, -0.15) is 0 Å². The SMILES string of the molecule is CCO[Si](CCCn1c(O)cc(C2Cc3c(c(O)n(CCC[Si](OC)(OC)OC)c3O)-c3ccccc32)c1O)(OCC)OCC. The van der Waals surface area contributed by atoms with Crippen molar-refractivity contribution >= 4 is 17.6 Å². The average Bonchev–Trinajstić information content (AvgIpc) is 3.45. The van der Waals surface area contributed by atoms with E-state index in [9.17, 15) is 20.4 Å². The van der Waals surface area contributed by atoms with Crippen molar-refractivity contribution in [1.29, 1.82) is 0 Å². The highest BCUT2D eigenvalue weighted by Crippen LogP contribution is 2.52. The molecule has 4 N–H and O–H groups in total. The van der Waals surface area contributed by atoms with Crippen LogP contribution in [0.1, 0.15) is 56.2 Å². The Hall–Kier alpha value is -2.83. The van der Waals surface area contributed by atoms with E-state index in [2.05, 4.69) is 0 Å². The van der Waals surface area contributed by atoms with Crippen LogP contribution in [0.25, 0.3) is 11.1 Å². The molecule has 3 aromatic rings. The summed E-state index contributed by atoms with van der Waals surface area (Å²) in [5.74, 6) is -0.539. The van der Waals surface area contributed by atoms with Gasteiger partial charge < -0.3 is 47.0 Å². The Kier molecular flexibility index (Phi) is 11.8. The third-order valence-corrected chi connectivity index (χ3v) is 14.5. The average molecular weight is 665 g/mol. The third kappa shape index (κ3) is 6.98. The molecule has 1 aromatic carbocycles. The first-order valence-corrected chi connectivity index (χ1v) is 19.4. The number of hydrogen-bond donors (Lipinski definition) is 4. The van der Waals surface area contributed by atoms with E-state index in [0.717, 1.165) is 11.1 Å². The predicted molar refractivity (Wildman–Crippen MR) is 173 cm³/mol. The molecular formula is C31H48N2O10Si2. The molecule has 0 bridgehead atoms. The molecule has 2 heterocycles. The number of benzene rings is 1. The van der Waals surface area contributed by atoms with Crippen molar-refractivity contribution in [2.45, 2.75) is 71.1 Å². The van der Waals surface area contributed by atoms with Gasteiger partial charge in [-0.3, -0.25) is 9.13 Å². The Bertz CT molecular complexity index is 1400. The summed E-state index contributed by atoms with van der Waals surface area (Å²) >= 11 is 0. The maximum Gasteiger partial charge on any atom is 0.500 e. The van der Waals surface area contributed by atoms with Gasteiger partial charge in [0.2, 0.25) is 5.88 Å². The summed E-state index contributed by atoms with van der Waals surface area (Å²) < 4.78 is 37.4. The van der Waals surface area contributed by atoms with Crippen molar-refractivity contribution in [3.8, 4) is 34.6 Å². The zero-order chi connectivity index (χ0) is 32.8. The number of aromatic nitrogens is 2. The van der Waals surface area contributed by atoms with E-state index in [1.165, 1.54) is 9.13 Å². The molecule has 4 rings (SSSR count). The van der Waals surface area contributed by atoms with Gasteiger partial charge in [0.25, 0.3) is 0 Å². The summed E-state index contributed by atoms with van der Waals surface area (Å²) in [5, 5.41) is 45.1. The van der Waals surface area contributed by atoms with E-state index in [1.54, 1.807) is 27.4 Å². The molecule has 12 nitrogen and oxygen atoms in total. The quantitative estimate of drug-likeness (QED) is 0.134. The van der Waals surface area contributed by atoms with Gasteiger partial charge in [0.1, 0.15) is 0 Å². The second-order valence-corrected chi connectivity index (χ2v) is 16.7. The Labute approximate surface area is 267 Å². The number of rotatable bonds is 18. The van der Waals surface area contributed by atoms with Crippen LogP contribution in [-0.2, 0) is 46.1 Å². The second kappa shape index (κ2) is 15.2. The van der Waals surface area contributed by atoms with Crippen LogP contribution in [0.3, 0.4) is 0 Å². The van der Waals surface area contributed by atoms with Gasteiger partial charge in [0.05, 0.1) is 5.56 Å². The van der Waals surface area contributed by atoms with Crippen molar-refractivity contribution < 1.29 is 47.0 Å². The van der Waals surface area contributed by atoms with Gasteiger partial charge in [0.15, 0.2) is 17.6 Å². The fourth-order valence-electron chi connectivity index (χ4n) is 6.44. The van der Waals surface area contributed by atoms with Crippen LogP contribution < -0.4 is 0 Å². The molecule has 0 aliphatic heterocycles. The zero-order valence-electron chi connectivity index (χ0n) is 27.2. The fourth-order valence-corrected chi connectivity index (χ4v) is 10.7. The minimum absolute atomic E-state index is 0.0249. The van der Waals surface area contributed by atoms with Crippen LogP contribution in [0.4, 0.5) is 0 Å². The summed E-state index contributed by atoms with van der Waals surface area (Å²) in [6.45, 7) is 7.79. The van der Waals surface area contributed by atoms with Crippen LogP contribution in [0, 0.1) is 0 Å². The van der Waals surface area contributed by atoms with Crippen LogP contribution in [-0.4, -0.2) is 88.3 Å². The molecule has 1 aliphatic rings. The smallest absolute Gasteiger partial charge is 0.494 e. The number of hydrogen-bond acceptors (Lipinski definition) is 10. The first kappa shape index (κ1) is 35.0. The van der Waals surface area contributed by atoms with E-state index >= 15 is 0 Å². The summed E-state index contributed by atoms with van der Waals surface area (Å²) in [5.41, 5.74) is 3.33. The van der Waals surface area contributed by atoms with Crippen molar-refractivity contribution in [2.75, 3.05) is 41.2 Å². The summed E-state index contributed by atoms with van der Waals surface area (Å²) in [4.78, 5) is 0. The molecule has 2 aromatic heterocycles. The molecule has 0 radical (unpaired) electrons. The Morgan fingerprint density at radius 1 is 0.711 bits per heavy atom. The van der Waals surface area contributed by atoms with E-state index in [-0.39, 0.29) is 29.4 Å². The van der Waals surface area contributed by atoms with E-state index < -0.39 is 17.6 Å². The van der Waals surface area contributed by atoms with Crippen LogP contribution in [0.15, 0.2) is 30.3 Å². The Balaban J connectivity index is 1.61. The van der Waals surface area contributed by atoms with Crippen LogP contribution in [0.2, 0.25) is 12.1 Å². The Morgan fingerprint density at radius 3 is 1.84 bits per heavy atom. The number of aromatic hydroxyl groups is 4. The van der Waals surface area contributed by atoms with Crippen molar-refractivity contribution in [3.63, 3.8) is 0 Å². The first-order valence-electron chi connectivity index (χ1n) is 15.6. The lowest BCUT2D eigenvalue weighted by atomic mass is 9.77. The molecule has 14 heteroatoms. The highest BCUT2D eigenvalue weighted by Gasteiger charge is 2.41. The lowest BCUT2D eigenvalue weighted by molar-refractivity contribution is 0.0704. The molecular weight excluding hydrogens is 617 g/mol. The molecule has 0 amide bonds. The molecule has 0 saturated carbocycles. The lowest BCUT2D eigenvalue weighted by Crippen LogP contribution is -2.46. The van der Waals surface area contributed by atoms with Crippen LogP contribution in [0.5, 0.6) is 23.5 Å². The maximum atomic E-state index is 11.4. The summed E-state index contributed by atoms with van der Waals surface area (Å²) in [6.07, 6.45) is 1.42. The monoisotopic (exact) mass is 664 g/mol. The molecule has 45 heavy (non-hydrogen) atoms. The van der Waals surface area contributed by atoms with Gasteiger partial charge in [-0.05, 0) is 51.2 Å². The first-order chi connectivity index (χ1) is 21.6. The maximum absolute atomic E-state index is 11.4. The standard InChI is InChI=1S/C31H48N2O10Si2/c1-7-41-45(42-8-2,43-9-3)19-12-16-32-27(34)21-25(29(32)35)24-20-26-28(23-15-11-10-14-22(23)24)31(37)33(30(26)36)17-13-18-44(38-4,39-5)40-6/h10-11,14-15,21,24,34-37H,7-9,12-13,16-20H2,1-6H3. The Morgan fingerprint density at radius 2 is 1.27 bits per heavy atom. The van der Waals surface area contributed by atoms with Gasteiger partial charge in [-0.25, -0.2) is 0 Å². The third-order valence-electron chi connectivity index (χ3n) is 8.53. The van der Waals surface area contributed by atoms with E-state index in [1.807, 2.05) is 45.0 Å². The highest BCUT2D eigenvalue weighted by atomic mass is 28.4. The van der Waals surface area contributed by atoms with E-state index in [0.29, 0.717) is 81.0 Å². The van der Waals surface area contributed by atoms with Gasteiger partial charge in [0, 0.05) is 89.4 Å². The molecule has 1 aliphatic carbocycles. The molecule has 1 unspecified atom stereocenters. The van der Waals surface area contributed by atoms with Crippen molar-refractivity contribution in [3.05, 3.63) is 47.0 Å². The number of fused-ring (bicyclic) bond motifs is 3. The van der Waals surface area contributed by atoms with Crippen molar-refractivity contribution in [1.82, 2.24) is 9.13 Å². The van der Waals surface area contributed by atoms with Gasteiger partial charge >= 0.3 is 17.6 Å². The summed E-state index contributed by atoms with van der Waals surface area (Å²) in [6, 6.07) is 10.3. The fraction of sp³-hybridized carbons (Fsp3) is 0.548. The largest absolute Gasteiger partial charge is 0.500 e. The number of nitrogens with zero attached hydrogens (tertiary/aromatic N) is 2. The molecule has 0 spiro atoms. The zero-order valence-corrected chi connectivity index (χ0v) is 29.2. The minimum atomic E-state index is -2.88. The lowest BCUT2D eigenvalue weighted by Gasteiger charge is -2.28.